The summed E-state index contributed by atoms with van der Waals surface area (Å²) < 4.78 is 22.8. The van der Waals surface area contributed by atoms with Crippen LogP contribution >= 0.6 is 0 Å². The van der Waals surface area contributed by atoms with Gasteiger partial charge in [0, 0.05) is 24.6 Å². The number of amides is 1. The van der Waals surface area contributed by atoms with Gasteiger partial charge < -0.3 is 5.32 Å². The Kier molecular flexibility index (Phi) is 4.42. The van der Waals surface area contributed by atoms with Gasteiger partial charge in [-0.1, -0.05) is 12.1 Å². The normalized spacial score (nSPS) is 17.3. The number of aryl methyl sites for hydroxylation is 2. The minimum atomic E-state index is -3.72. The number of hydrogen-bond acceptors (Lipinski definition) is 4. The minimum Gasteiger partial charge on any atom is -0.352 e. The van der Waals surface area contributed by atoms with Gasteiger partial charge in [0.05, 0.1) is 11.1 Å². The van der Waals surface area contributed by atoms with Crippen molar-refractivity contribution in [3.8, 4) is 0 Å². The molecule has 3 rings (SSSR count). The van der Waals surface area contributed by atoms with E-state index in [2.05, 4.69) is 15.5 Å². The van der Waals surface area contributed by atoms with Crippen LogP contribution in [0.4, 0.5) is 0 Å². The number of benzene rings is 1. The number of aromatic amines is 1. The number of nitrogens with two attached hydrogens (primary N) is 1. The summed E-state index contributed by atoms with van der Waals surface area (Å²) in [4.78, 5) is 12.5. The van der Waals surface area contributed by atoms with Crippen LogP contribution in [-0.2, 0) is 34.2 Å². The van der Waals surface area contributed by atoms with Gasteiger partial charge in [0.1, 0.15) is 0 Å². The molecule has 1 aliphatic carbocycles. The van der Waals surface area contributed by atoms with Gasteiger partial charge in [-0.05, 0) is 42.5 Å². The molecule has 1 aromatic heterocycles. The molecule has 0 radical (unpaired) electrons. The van der Waals surface area contributed by atoms with Crippen molar-refractivity contribution in [3.63, 3.8) is 0 Å². The number of carbonyl (C=O) groups excluding carboxylic acids is 1. The van der Waals surface area contributed by atoms with Crippen LogP contribution in [0.5, 0.6) is 0 Å². The van der Waals surface area contributed by atoms with Crippen LogP contribution in [0.2, 0.25) is 0 Å². The molecule has 1 aliphatic rings. The molecule has 4 N–H and O–H groups in total. The van der Waals surface area contributed by atoms with Crippen LogP contribution in [-0.4, -0.2) is 24.5 Å². The van der Waals surface area contributed by atoms with Gasteiger partial charge >= 0.3 is 0 Å². The second-order valence-electron chi connectivity index (χ2n) is 6.18. The number of sulfonamides is 1. The minimum absolute atomic E-state index is 0.00317. The number of nitrogens with one attached hydrogen (secondary N) is 2. The van der Waals surface area contributed by atoms with Gasteiger partial charge in [-0.25, -0.2) is 13.6 Å². The summed E-state index contributed by atoms with van der Waals surface area (Å²) in [5.41, 5.74) is 3.64. The van der Waals surface area contributed by atoms with E-state index >= 15 is 0 Å². The van der Waals surface area contributed by atoms with Crippen molar-refractivity contribution < 1.29 is 13.2 Å². The van der Waals surface area contributed by atoms with E-state index in [-0.39, 0.29) is 16.7 Å². The van der Waals surface area contributed by atoms with E-state index in [0.29, 0.717) is 18.5 Å². The van der Waals surface area contributed by atoms with Crippen molar-refractivity contribution in [3.05, 3.63) is 46.8 Å². The second kappa shape index (κ2) is 6.37. The molecule has 1 aromatic carbocycles. The monoisotopic (exact) mass is 348 g/mol. The Balaban J connectivity index is 1.62. The third-order valence-electron chi connectivity index (χ3n) is 4.40. The van der Waals surface area contributed by atoms with E-state index in [9.17, 15) is 13.2 Å². The molecule has 0 fully saturated rings. The van der Waals surface area contributed by atoms with Crippen molar-refractivity contribution >= 4 is 15.9 Å². The first-order chi connectivity index (χ1) is 11.3. The Bertz CT molecular complexity index is 873. The van der Waals surface area contributed by atoms with E-state index in [1.807, 2.05) is 6.20 Å². The van der Waals surface area contributed by atoms with E-state index in [1.165, 1.54) is 11.6 Å². The van der Waals surface area contributed by atoms with E-state index < -0.39 is 10.0 Å². The predicted octanol–water partition coefficient (Wildman–Crippen LogP) is 0.787. The Labute approximate surface area is 140 Å². The van der Waals surface area contributed by atoms with Crippen molar-refractivity contribution in [1.29, 1.82) is 0 Å². The van der Waals surface area contributed by atoms with Crippen molar-refractivity contribution in [2.75, 3.05) is 0 Å². The first-order valence-corrected chi connectivity index (χ1v) is 9.30. The molecule has 1 heterocycles. The lowest BCUT2D eigenvalue weighted by molar-refractivity contribution is -0.125. The number of fused-ring (bicyclic) bond motifs is 1. The molecule has 0 saturated heterocycles. The van der Waals surface area contributed by atoms with Gasteiger partial charge in [-0.2, -0.15) is 5.10 Å². The smallest absolute Gasteiger partial charge is 0.238 e. The van der Waals surface area contributed by atoms with Gasteiger partial charge in [0.25, 0.3) is 0 Å². The fourth-order valence-corrected chi connectivity index (χ4v) is 3.87. The van der Waals surface area contributed by atoms with Crippen LogP contribution in [0.25, 0.3) is 0 Å². The quantitative estimate of drug-likeness (QED) is 0.757. The molecule has 24 heavy (non-hydrogen) atoms. The molecule has 2 aromatic rings. The molecule has 128 valence electrons. The van der Waals surface area contributed by atoms with Gasteiger partial charge in [-0.3, -0.25) is 9.89 Å². The highest BCUT2D eigenvalue weighted by Crippen LogP contribution is 2.24. The number of primary sulfonamides is 1. The summed E-state index contributed by atoms with van der Waals surface area (Å²) in [6.07, 6.45) is 4.15. The summed E-state index contributed by atoms with van der Waals surface area (Å²) in [5, 5.41) is 15.0. The topological polar surface area (TPSA) is 118 Å². The molecule has 8 heteroatoms. The van der Waals surface area contributed by atoms with Crippen LogP contribution in [0.1, 0.15) is 28.8 Å². The number of carbonyl (C=O) groups is 1. The maximum absolute atomic E-state index is 12.4. The summed E-state index contributed by atoms with van der Waals surface area (Å²) >= 11 is 0. The van der Waals surface area contributed by atoms with E-state index in [1.54, 1.807) is 19.1 Å². The second-order valence-corrected chi connectivity index (χ2v) is 7.71. The lowest BCUT2D eigenvalue weighted by Gasteiger charge is -2.21. The molecule has 0 saturated carbocycles. The van der Waals surface area contributed by atoms with E-state index in [0.717, 1.165) is 24.1 Å². The number of aromatic nitrogens is 2. The van der Waals surface area contributed by atoms with Crippen LogP contribution < -0.4 is 10.5 Å². The van der Waals surface area contributed by atoms with Crippen molar-refractivity contribution in [2.24, 2.45) is 11.1 Å². The molecule has 1 amide bonds. The number of nitrogens with zero attached hydrogens (tertiary/aromatic N) is 1. The van der Waals surface area contributed by atoms with Gasteiger partial charge in [0.15, 0.2) is 0 Å². The maximum atomic E-state index is 12.4. The third-order valence-corrected chi connectivity index (χ3v) is 5.47. The molecular formula is C16H20N4O3S. The highest BCUT2D eigenvalue weighted by molar-refractivity contribution is 7.89. The molecule has 0 bridgehead atoms. The van der Waals surface area contributed by atoms with Gasteiger partial charge in [0.2, 0.25) is 15.9 Å². The number of hydrogen-bond donors (Lipinski definition) is 3. The summed E-state index contributed by atoms with van der Waals surface area (Å²) in [5.74, 6) is -0.0637. The Morgan fingerprint density at radius 1 is 1.46 bits per heavy atom. The average Bonchev–Trinajstić information content (AvgIpc) is 2.98. The largest absolute Gasteiger partial charge is 0.352 e. The van der Waals surface area contributed by atoms with Crippen LogP contribution in [0, 0.1) is 12.8 Å². The maximum Gasteiger partial charge on any atom is 0.238 e. The third kappa shape index (κ3) is 3.49. The Morgan fingerprint density at radius 2 is 2.25 bits per heavy atom. The predicted molar refractivity (Wildman–Crippen MR) is 88.5 cm³/mol. The first-order valence-electron chi connectivity index (χ1n) is 7.76. The van der Waals surface area contributed by atoms with Crippen molar-refractivity contribution in [2.45, 2.75) is 37.6 Å². The Hall–Kier alpha value is -2.19. The standard InChI is InChI=1S/C16H20N4O3S/c1-10-6-11(2-5-15(10)24(17,22)23)8-18-16(21)12-3-4-13-9-19-20-14(13)7-12/h2,5-6,9,12H,3-4,7-8H2,1H3,(H,18,21)(H,19,20)(H2,17,22,23). The summed E-state index contributed by atoms with van der Waals surface area (Å²) in [6.45, 7) is 2.04. The Morgan fingerprint density at radius 3 is 2.96 bits per heavy atom. The molecule has 0 spiro atoms. The summed E-state index contributed by atoms with van der Waals surface area (Å²) in [7, 11) is -3.72. The van der Waals surface area contributed by atoms with Crippen LogP contribution in [0.15, 0.2) is 29.3 Å². The first kappa shape index (κ1) is 16.7. The van der Waals surface area contributed by atoms with Gasteiger partial charge in [-0.15, -0.1) is 0 Å². The van der Waals surface area contributed by atoms with Crippen LogP contribution in [0.3, 0.4) is 0 Å². The highest BCUT2D eigenvalue weighted by Gasteiger charge is 2.25. The van der Waals surface area contributed by atoms with Crippen molar-refractivity contribution in [1.82, 2.24) is 15.5 Å². The molecular weight excluding hydrogens is 328 g/mol. The average molecular weight is 348 g/mol. The molecule has 7 nitrogen and oxygen atoms in total. The number of H-pyrrole nitrogens is 1. The van der Waals surface area contributed by atoms with E-state index in [4.69, 9.17) is 5.14 Å². The SMILES string of the molecule is Cc1cc(CNC(=O)C2CCc3cn[nH]c3C2)ccc1S(N)(=O)=O. The fourth-order valence-electron chi connectivity index (χ4n) is 3.11. The lowest BCUT2D eigenvalue weighted by Crippen LogP contribution is -2.33. The fraction of sp³-hybridized carbons (Fsp3) is 0.375. The zero-order valence-electron chi connectivity index (χ0n) is 13.4. The highest BCUT2D eigenvalue weighted by atomic mass is 32.2. The zero-order chi connectivity index (χ0) is 17.3. The lowest BCUT2D eigenvalue weighted by atomic mass is 9.87. The summed E-state index contributed by atoms with van der Waals surface area (Å²) in [6, 6.07) is 4.87. The zero-order valence-corrected chi connectivity index (χ0v) is 14.2. The molecule has 0 aliphatic heterocycles. The number of rotatable bonds is 4. The molecule has 1 unspecified atom stereocenters. The molecule has 1 atom stereocenters.